The molecule has 1 unspecified atom stereocenters. The molecular weight excluding hydrogens is 241 g/mol. The van der Waals surface area contributed by atoms with Gasteiger partial charge in [0.15, 0.2) is 11.5 Å². The first-order valence-electron chi connectivity index (χ1n) is 5.35. The summed E-state index contributed by atoms with van der Waals surface area (Å²) in [5.41, 5.74) is 5.54. The quantitative estimate of drug-likeness (QED) is 0.755. The maximum Gasteiger partial charge on any atom is 0.312 e. The highest BCUT2D eigenvalue weighted by Crippen LogP contribution is 2.41. The topological polar surface area (TPSA) is 92.8 Å². The standard InChI is InChI=1S/C12H16FNO4/c1-5-8(7(4-14)12(16)17)10(15)11(18-3)6(2)9(5)13/h7,15H,4,14H2,1-3H3,(H,16,17). The fourth-order valence-electron chi connectivity index (χ4n) is 1.99. The summed E-state index contributed by atoms with van der Waals surface area (Å²) in [7, 11) is 1.28. The SMILES string of the molecule is COc1c(C)c(F)c(C)c(C(CN)C(=O)O)c1O. The van der Waals surface area contributed by atoms with Crippen molar-refractivity contribution >= 4 is 5.97 Å². The van der Waals surface area contributed by atoms with Crippen LogP contribution in [0.25, 0.3) is 0 Å². The molecular formula is C12H16FNO4. The Morgan fingerprint density at radius 2 is 2.00 bits per heavy atom. The maximum atomic E-state index is 14.0. The van der Waals surface area contributed by atoms with E-state index in [-0.39, 0.29) is 34.7 Å². The lowest BCUT2D eigenvalue weighted by atomic mass is 9.91. The van der Waals surface area contributed by atoms with Crippen LogP contribution in [0.15, 0.2) is 0 Å². The first-order chi connectivity index (χ1) is 8.36. The monoisotopic (exact) mass is 257 g/mol. The van der Waals surface area contributed by atoms with Gasteiger partial charge in [0.05, 0.1) is 13.0 Å². The number of hydrogen-bond donors (Lipinski definition) is 3. The van der Waals surface area contributed by atoms with Crippen LogP contribution in [-0.4, -0.2) is 29.8 Å². The van der Waals surface area contributed by atoms with Crippen molar-refractivity contribution in [1.82, 2.24) is 0 Å². The maximum absolute atomic E-state index is 14.0. The lowest BCUT2D eigenvalue weighted by Gasteiger charge is -2.19. The summed E-state index contributed by atoms with van der Waals surface area (Å²) < 4.78 is 18.9. The molecule has 0 amide bonds. The predicted molar refractivity (Wildman–Crippen MR) is 63.5 cm³/mol. The van der Waals surface area contributed by atoms with Crippen LogP contribution < -0.4 is 10.5 Å². The van der Waals surface area contributed by atoms with E-state index in [1.165, 1.54) is 21.0 Å². The number of aliphatic carboxylic acids is 1. The van der Waals surface area contributed by atoms with E-state index in [1.807, 2.05) is 0 Å². The van der Waals surface area contributed by atoms with Crippen molar-refractivity contribution in [2.24, 2.45) is 5.73 Å². The smallest absolute Gasteiger partial charge is 0.312 e. The Balaban J connectivity index is 3.62. The Morgan fingerprint density at radius 1 is 1.44 bits per heavy atom. The number of ether oxygens (including phenoxy) is 1. The van der Waals surface area contributed by atoms with Gasteiger partial charge in [-0.25, -0.2) is 4.39 Å². The van der Waals surface area contributed by atoms with Gasteiger partial charge in [-0.05, 0) is 19.4 Å². The van der Waals surface area contributed by atoms with Crippen molar-refractivity contribution in [2.75, 3.05) is 13.7 Å². The summed E-state index contributed by atoms with van der Waals surface area (Å²) in [6.45, 7) is 2.61. The van der Waals surface area contributed by atoms with Crippen LogP contribution in [0.3, 0.4) is 0 Å². The van der Waals surface area contributed by atoms with E-state index in [0.29, 0.717) is 0 Å². The molecule has 0 saturated heterocycles. The number of nitrogens with two attached hydrogens (primary N) is 1. The first-order valence-corrected chi connectivity index (χ1v) is 5.35. The molecule has 100 valence electrons. The molecule has 1 aromatic rings. The zero-order chi connectivity index (χ0) is 14.0. The minimum atomic E-state index is -1.22. The molecule has 6 heteroatoms. The highest BCUT2D eigenvalue weighted by atomic mass is 19.1. The molecule has 0 aromatic heterocycles. The number of carbonyl (C=O) groups is 1. The fraction of sp³-hybridized carbons (Fsp3) is 0.417. The summed E-state index contributed by atoms with van der Waals surface area (Å²) in [5, 5.41) is 19.1. The number of hydrogen-bond acceptors (Lipinski definition) is 4. The third-order valence-electron chi connectivity index (χ3n) is 2.96. The summed E-state index contributed by atoms with van der Waals surface area (Å²) in [4.78, 5) is 11.1. The van der Waals surface area contributed by atoms with Gasteiger partial charge in [-0.3, -0.25) is 4.79 Å². The van der Waals surface area contributed by atoms with Gasteiger partial charge in [0, 0.05) is 17.7 Å². The van der Waals surface area contributed by atoms with Crippen LogP contribution in [0.2, 0.25) is 0 Å². The number of phenolic OH excluding ortho intramolecular Hbond substituents is 1. The number of carboxylic acid groups (broad SMARTS) is 1. The second-order valence-electron chi connectivity index (χ2n) is 3.99. The van der Waals surface area contributed by atoms with Crippen molar-refractivity contribution < 1.29 is 24.1 Å². The largest absolute Gasteiger partial charge is 0.504 e. The van der Waals surface area contributed by atoms with Crippen LogP contribution >= 0.6 is 0 Å². The van der Waals surface area contributed by atoms with Crippen molar-refractivity contribution in [1.29, 1.82) is 0 Å². The molecule has 0 radical (unpaired) electrons. The Hall–Kier alpha value is -1.82. The molecule has 0 aliphatic rings. The molecule has 4 N–H and O–H groups in total. The van der Waals surface area contributed by atoms with Gasteiger partial charge in [-0.2, -0.15) is 0 Å². The summed E-state index contributed by atoms with van der Waals surface area (Å²) in [6, 6.07) is 0. The zero-order valence-electron chi connectivity index (χ0n) is 10.5. The van der Waals surface area contributed by atoms with E-state index in [9.17, 15) is 14.3 Å². The van der Waals surface area contributed by atoms with E-state index in [0.717, 1.165) is 0 Å². The van der Waals surface area contributed by atoms with Gasteiger partial charge in [0.1, 0.15) is 5.82 Å². The van der Waals surface area contributed by atoms with Gasteiger partial charge < -0.3 is 20.7 Å². The Morgan fingerprint density at radius 3 is 2.39 bits per heavy atom. The van der Waals surface area contributed by atoms with Gasteiger partial charge in [-0.1, -0.05) is 0 Å². The Labute approximate surface area is 104 Å². The molecule has 5 nitrogen and oxygen atoms in total. The summed E-state index contributed by atoms with van der Waals surface area (Å²) >= 11 is 0. The Kier molecular flexibility index (Phi) is 4.13. The van der Waals surface area contributed by atoms with E-state index >= 15 is 0 Å². The average Bonchev–Trinajstić information content (AvgIpc) is 2.32. The van der Waals surface area contributed by atoms with Gasteiger partial charge in [-0.15, -0.1) is 0 Å². The molecule has 1 atom stereocenters. The van der Waals surface area contributed by atoms with Crippen LogP contribution in [0.1, 0.15) is 22.6 Å². The highest BCUT2D eigenvalue weighted by molar-refractivity contribution is 5.79. The number of methoxy groups -OCH3 is 1. The summed E-state index contributed by atoms with van der Waals surface area (Å²) in [5.74, 6) is -3.42. The minimum Gasteiger partial charge on any atom is -0.504 e. The van der Waals surface area contributed by atoms with Gasteiger partial charge in [0.2, 0.25) is 0 Å². The van der Waals surface area contributed by atoms with Crippen molar-refractivity contribution in [3.05, 3.63) is 22.5 Å². The number of benzene rings is 1. The average molecular weight is 257 g/mol. The normalized spacial score (nSPS) is 12.3. The van der Waals surface area contributed by atoms with E-state index in [4.69, 9.17) is 15.6 Å². The third-order valence-corrected chi connectivity index (χ3v) is 2.96. The van der Waals surface area contributed by atoms with E-state index in [1.54, 1.807) is 0 Å². The van der Waals surface area contributed by atoms with Gasteiger partial charge in [0.25, 0.3) is 0 Å². The highest BCUT2D eigenvalue weighted by Gasteiger charge is 2.29. The second kappa shape index (κ2) is 5.22. The Bertz CT molecular complexity index is 488. The number of carboxylic acids is 1. The van der Waals surface area contributed by atoms with Crippen LogP contribution in [0.5, 0.6) is 11.5 Å². The molecule has 18 heavy (non-hydrogen) atoms. The van der Waals surface area contributed by atoms with Crippen LogP contribution in [0.4, 0.5) is 4.39 Å². The van der Waals surface area contributed by atoms with Crippen molar-refractivity contribution in [3.8, 4) is 11.5 Å². The lowest BCUT2D eigenvalue weighted by molar-refractivity contribution is -0.138. The van der Waals surface area contributed by atoms with Gasteiger partial charge >= 0.3 is 5.97 Å². The minimum absolute atomic E-state index is 0.0371. The fourth-order valence-corrected chi connectivity index (χ4v) is 1.99. The molecule has 1 aromatic carbocycles. The molecule has 0 saturated carbocycles. The molecule has 0 heterocycles. The number of rotatable bonds is 4. The molecule has 0 fully saturated rings. The zero-order valence-corrected chi connectivity index (χ0v) is 10.5. The van der Waals surface area contributed by atoms with E-state index in [2.05, 4.69) is 0 Å². The van der Waals surface area contributed by atoms with Crippen molar-refractivity contribution in [2.45, 2.75) is 19.8 Å². The number of aromatic hydroxyl groups is 1. The molecule has 0 spiro atoms. The van der Waals surface area contributed by atoms with Crippen LogP contribution in [0, 0.1) is 19.7 Å². The summed E-state index contributed by atoms with van der Waals surface area (Å²) in [6.07, 6.45) is 0. The number of halogens is 1. The second-order valence-corrected chi connectivity index (χ2v) is 3.99. The van der Waals surface area contributed by atoms with Crippen LogP contribution in [-0.2, 0) is 4.79 Å². The van der Waals surface area contributed by atoms with Crippen molar-refractivity contribution in [3.63, 3.8) is 0 Å². The molecule has 1 rings (SSSR count). The third kappa shape index (κ3) is 2.11. The molecule has 0 aliphatic heterocycles. The molecule has 0 bridgehead atoms. The lowest BCUT2D eigenvalue weighted by Crippen LogP contribution is -2.23. The van der Waals surface area contributed by atoms with E-state index < -0.39 is 17.7 Å². The number of phenols is 1. The first kappa shape index (κ1) is 14.2. The molecule has 0 aliphatic carbocycles. The predicted octanol–water partition coefficient (Wildman–Crippen LogP) is 1.28.